The Morgan fingerprint density at radius 1 is 0.929 bits per heavy atom. The van der Waals surface area contributed by atoms with Gasteiger partial charge in [-0.15, -0.1) is 0 Å². The molecule has 0 aromatic carbocycles. The van der Waals surface area contributed by atoms with Gasteiger partial charge in [-0.1, -0.05) is 27.7 Å². The van der Waals surface area contributed by atoms with Crippen LogP contribution in [0.5, 0.6) is 0 Å². The quantitative estimate of drug-likeness (QED) is 0.427. The molecule has 0 aliphatic carbocycles. The predicted octanol–water partition coefficient (Wildman–Crippen LogP) is -1.60. The van der Waals surface area contributed by atoms with Crippen LogP contribution in [0.1, 0.15) is 27.7 Å². The molecule has 0 amide bonds. The Morgan fingerprint density at radius 3 is 1.14 bits per heavy atom. The number of hydrogen-bond donors (Lipinski definition) is 0. The summed E-state index contributed by atoms with van der Waals surface area (Å²) in [6.45, 7) is 6.13. The van der Waals surface area contributed by atoms with Crippen molar-refractivity contribution in [2.24, 2.45) is 17.3 Å². The van der Waals surface area contributed by atoms with Crippen LogP contribution in [0.3, 0.4) is 0 Å². The molecular weight excluding hydrogens is 212 g/mol. The Kier molecular flexibility index (Phi) is 7.04. The van der Waals surface area contributed by atoms with Gasteiger partial charge in [0.15, 0.2) is 0 Å². The molecule has 0 N–H and O–H groups in total. The molecule has 76 valence electrons. The van der Waals surface area contributed by atoms with Crippen LogP contribution in [0.4, 0.5) is 0 Å². The molecule has 0 atom stereocenters. The first kappa shape index (κ1) is 16.6. The summed E-state index contributed by atoms with van der Waals surface area (Å²) < 4.78 is 0. The molecule has 0 aliphatic rings. The molecule has 5 heteroatoms. The van der Waals surface area contributed by atoms with Gasteiger partial charge in [-0.05, 0) is 11.8 Å². The number of aliphatic carboxylic acids is 2. The second-order valence-corrected chi connectivity index (χ2v) is 3.75. The van der Waals surface area contributed by atoms with Gasteiger partial charge in [-0.3, -0.25) is 0 Å². The molecule has 0 aromatic rings. The Morgan fingerprint density at radius 2 is 1.14 bits per heavy atom. The number of hydrogen-bond acceptors (Lipinski definition) is 4. The number of carbonyl (C=O) groups excluding carboxylic acids is 2. The summed E-state index contributed by atoms with van der Waals surface area (Å²) in [6, 6.07) is 0. The van der Waals surface area contributed by atoms with E-state index in [9.17, 15) is 19.8 Å². The zero-order valence-electron chi connectivity index (χ0n) is 8.99. The average Bonchev–Trinajstić information content (AvgIpc) is 1.82. The minimum Gasteiger partial charge on any atom is -0.549 e. The molecule has 0 unspecified atom stereocenters. The van der Waals surface area contributed by atoms with E-state index < -0.39 is 29.2 Å². The molecule has 0 radical (unpaired) electrons. The van der Waals surface area contributed by atoms with E-state index in [1.165, 1.54) is 27.7 Å². The van der Waals surface area contributed by atoms with Crippen molar-refractivity contribution in [1.29, 1.82) is 0 Å². The second kappa shape index (κ2) is 5.93. The first-order valence-electron chi connectivity index (χ1n) is 4.20. The Hall–Kier alpha value is 0.200. The molecular formula is C9H14CaO4. The molecule has 0 saturated carbocycles. The van der Waals surface area contributed by atoms with Crippen LogP contribution >= 0.6 is 0 Å². The summed E-state index contributed by atoms with van der Waals surface area (Å²) in [7, 11) is 0. The summed E-state index contributed by atoms with van der Waals surface area (Å²) >= 11 is 0. The van der Waals surface area contributed by atoms with Gasteiger partial charge >= 0.3 is 37.7 Å². The van der Waals surface area contributed by atoms with E-state index in [1.54, 1.807) is 0 Å². The van der Waals surface area contributed by atoms with Crippen molar-refractivity contribution in [2.75, 3.05) is 0 Å². The molecule has 0 aromatic heterocycles. The summed E-state index contributed by atoms with van der Waals surface area (Å²) in [5, 5.41) is 21.6. The zero-order valence-corrected chi connectivity index (χ0v) is 11.2. The maximum atomic E-state index is 10.8. The van der Waals surface area contributed by atoms with Gasteiger partial charge < -0.3 is 19.8 Å². The Balaban J connectivity index is 0. The summed E-state index contributed by atoms with van der Waals surface area (Å²) in [5.41, 5.74) is -1.89. The van der Waals surface area contributed by atoms with Crippen LogP contribution < -0.4 is 10.2 Å². The normalized spacial score (nSPS) is 11.3. The first-order chi connectivity index (χ1) is 5.77. The maximum absolute atomic E-state index is 10.8. The molecule has 0 fully saturated rings. The van der Waals surface area contributed by atoms with Crippen molar-refractivity contribution >= 4 is 49.7 Å². The minimum atomic E-state index is -1.89. The van der Waals surface area contributed by atoms with E-state index in [-0.39, 0.29) is 37.7 Å². The SMILES string of the molecule is CC(C)C(C(=O)[O-])(C(=O)[O-])C(C)C.[Ca+2]. The van der Waals surface area contributed by atoms with Crippen molar-refractivity contribution in [3.05, 3.63) is 0 Å². The van der Waals surface area contributed by atoms with Crippen LogP contribution in [0.15, 0.2) is 0 Å². The van der Waals surface area contributed by atoms with Crippen molar-refractivity contribution in [1.82, 2.24) is 0 Å². The van der Waals surface area contributed by atoms with E-state index in [2.05, 4.69) is 0 Å². The van der Waals surface area contributed by atoms with Gasteiger partial charge in [0.1, 0.15) is 0 Å². The van der Waals surface area contributed by atoms with E-state index in [4.69, 9.17) is 0 Å². The van der Waals surface area contributed by atoms with Crippen LogP contribution in [0.25, 0.3) is 0 Å². The van der Waals surface area contributed by atoms with E-state index in [0.717, 1.165) is 0 Å². The summed E-state index contributed by atoms with van der Waals surface area (Å²) in [5.74, 6) is -4.25. The molecule has 0 bridgehead atoms. The molecule has 0 rings (SSSR count). The third-order valence-electron chi connectivity index (χ3n) is 2.50. The van der Waals surface area contributed by atoms with Crippen LogP contribution in [0.2, 0.25) is 0 Å². The predicted molar refractivity (Wildman–Crippen MR) is 47.9 cm³/mol. The number of rotatable bonds is 4. The average molecular weight is 226 g/mol. The monoisotopic (exact) mass is 226 g/mol. The zero-order chi connectivity index (χ0) is 10.8. The van der Waals surface area contributed by atoms with Crippen LogP contribution in [-0.2, 0) is 9.59 Å². The Labute approximate surface area is 114 Å². The van der Waals surface area contributed by atoms with E-state index in [1.807, 2.05) is 0 Å². The topological polar surface area (TPSA) is 80.3 Å². The van der Waals surface area contributed by atoms with Gasteiger partial charge in [-0.25, -0.2) is 0 Å². The molecule has 4 nitrogen and oxygen atoms in total. The van der Waals surface area contributed by atoms with Gasteiger partial charge in [-0.2, -0.15) is 0 Å². The van der Waals surface area contributed by atoms with Gasteiger partial charge in [0, 0.05) is 0 Å². The molecule has 0 saturated heterocycles. The standard InChI is InChI=1S/C9H16O4.Ca/c1-5(2)9(6(3)4,7(10)11)8(12)13;/h5-6H,1-4H3,(H,10,11)(H,12,13);/q;+2/p-2. The molecule has 0 spiro atoms. The van der Waals surface area contributed by atoms with Crippen molar-refractivity contribution in [3.63, 3.8) is 0 Å². The fourth-order valence-electron chi connectivity index (χ4n) is 1.69. The third kappa shape index (κ3) is 2.61. The van der Waals surface area contributed by atoms with Gasteiger partial charge in [0.2, 0.25) is 0 Å². The molecule has 0 heterocycles. The van der Waals surface area contributed by atoms with E-state index >= 15 is 0 Å². The second-order valence-electron chi connectivity index (χ2n) is 3.75. The largest absolute Gasteiger partial charge is 2.00 e. The minimum absolute atomic E-state index is 0. The molecule has 14 heavy (non-hydrogen) atoms. The smallest absolute Gasteiger partial charge is 0.549 e. The van der Waals surface area contributed by atoms with Crippen molar-refractivity contribution < 1.29 is 19.8 Å². The fraction of sp³-hybridized carbons (Fsp3) is 0.778. The summed E-state index contributed by atoms with van der Waals surface area (Å²) in [6.07, 6.45) is 0. The maximum Gasteiger partial charge on any atom is 2.00 e. The van der Waals surface area contributed by atoms with Crippen molar-refractivity contribution in [2.45, 2.75) is 27.7 Å². The van der Waals surface area contributed by atoms with E-state index in [0.29, 0.717) is 0 Å². The van der Waals surface area contributed by atoms with Crippen LogP contribution in [-0.4, -0.2) is 49.7 Å². The number of carboxylic acids is 2. The van der Waals surface area contributed by atoms with Crippen LogP contribution in [0, 0.1) is 17.3 Å². The number of carbonyl (C=O) groups is 2. The Bertz CT molecular complexity index is 199. The third-order valence-corrected chi connectivity index (χ3v) is 2.50. The van der Waals surface area contributed by atoms with Gasteiger partial charge in [0.05, 0.1) is 17.4 Å². The van der Waals surface area contributed by atoms with Gasteiger partial charge in [0.25, 0.3) is 0 Å². The number of carboxylic acid groups (broad SMARTS) is 2. The molecule has 0 aliphatic heterocycles. The summed E-state index contributed by atoms with van der Waals surface area (Å²) in [4.78, 5) is 21.6. The first-order valence-corrected chi connectivity index (χ1v) is 4.20. The fourth-order valence-corrected chi connectivity index (χ4v) is 1.69. The van der Waals surface area contributed by atoms with Crippen molar-refractivity contribution in [3.8, 4) is 0 Å².